The monoisotopic (exact) mass is 405 g/mol. The Morgan fingerprint density at radius 2 is 2.19 bits per heavy atom. The number of fused-ring (bicyclic) bond motifs is 1. The Morgan fingerprint density at radius 1 is 1.37 bits per heavy atom. The van der Waals surface area contributed by atoms with Gasteiger partial charge in [-0.3, -0.25) is 4.79 Å². The van der Waals surface area contributed by atoms with E-state index in [4.69, 9.17) is 4.74 Å². The predicted octanol–water partition coefficient (Wildman–Crippen LogP) is 3.75. The number of anilines is 2. The van der Waals surface area contributed by atoms with Gasteiger partial charge in [0, 0.05) is 13.1 Å². The maximum Gasteiger partial charge on any atom is 0.341 e. The van der Waals surface area contributed by atoms with Gasteiger partial charge < -0.3 is 15.0 Å². The van der Waals surface area contributed by atoms with Crippen molar-refractivity contribution >= 4 is 54.9 Å². The molecule has 6 nitrogen and oxygen atoms in total. The van der Waals surface area contributed by atoms with Gasteiger partial charge in [0.15, 0.2) is 5.13 Å². The number of nitrogens with one attached hydrogen (secondary N) is 1. The van der Waals surface area contributed by atoms with Crippen LogP contribution >= 0.6 is 22.7 Å². The predicted molar refractivity (Wildman–Crippen MR) is 104 cm³/mol. The minimum atomic E-state index is -0.444. The van der Waals surface area contributed by atoms with E-state index in [-0.39, 0.29) is 24.2 Å². The van der Waals surface area contributed by atoms with Gasteiger partial charge in [-0.1, -0.05) is 17.4 Å². The van der Waals surface area contributed by atoms with Crippen molar-refractivity contribution in [2.75, 3.05) is 29.9 Å². The van der Waals surface area contributed by atoms with Crippen LogP contribution < -0.4 is 10.2 Å². The fourth-order valence-electron chi connectivity index (χ4n) is 2.83. The molecule has 140 valence electrons. The van der Waals surface area contributed by atoms with E-state index in [9.17, 15) is 14.0 Å². The second kappa shape index (κ2) is 7.24. The van der Waals surface area contributed by atoms with E-state index in [1.807, 2.05) is 11.0 Å². The smallest absolute Gasteiger partial charge is 0.341 e. The number of thiazole rings is 1. The number of halogens is 1. The highest BCUT2D eigenvalue weighted by molar-refractivity contribution is 7.22. The number of carbonyl (C=O) groups is 2. The number of thiophene rings is 1. The number of carbonyl (C=O) groups excluding carboxylic acids is 2. The number of amides is 1. The van der Waals surface area contributed by atoms with Gasteiger partial charge in [-0.05, 0) is 30.5 Å². The summed E-state index contributed by atoms with van der Waals surface area (Å²) < 4.78 is 19.6. The van der Waals surface area contributed by atoms with Gasteiger partial charge >= 0.3 is 5.97 Å². The zero-order chi connectivity index (χ0) is 19.0. The Balaban J connectivity index is 1.39. The lowest BCUT2D eigenvalue weighted by molar-refractivity contribution is -0.120. The topological polar surface area (TPSA) is 71.5 Å². The molecule has 3 heterocycles. The molecule has 0 unspecified atom stereocenters. The lowest BCUT2D eigenvalue weighted by Gasteiger charge is -2.37. The molecule has 1 N–H and O–H groups in total. The Bertz CT molecular complexity index is 1010. The fraction of sp³-hybridized carbons (Fsp3) is 0.278. The van der Waals surface area contributed by atoms with Gasteiger partial charge in [-0.2, -0.15) is 0 Å². The third-order valence-corrected chi connectivity index (χ3v) is 6.19. The Kier molecular flexibility index (Phi) is 4.79. The zero-order valence-electron chi connectivity index (χ0n) is 14.4. The summed E-state index contributed by atoms with van der Waals surface area (Å²) in [5, 5.41) is 5.76. The zero-order valence-corrected chi connectivity index (χ0v) is 16.0. The number of rotatable bonds is 5. The first-order chi connectivity index (χ1) is 13.1. The lowest BCUT2D eigenvalue weighted by Crippen LogP contribution is -2.52. The first-order valence-electron chi connectivity index (χ1n) is 8.42. The molecule has 0 bridgehead atoms. The van der Waals surface area contributed by atoms with E-state index in [0.717, 1.165) is 4.70 Å². The van der Waals surface area contributed by atoms with E-state index in [1.54, 1.807) is 24.4 Å². The Labute approximate surface area is 162 Å². The average Bonchev–Trinajstić information content (AvgIpc) is 3.21. The van der Waals surface area contributed by atoms with Gasteiger partial charge in [0.05, 0.1) is 22.8 Å². The molecule has 1 fully saturated rings. The van der Waals surface area contributed by atoms with Crippen molar-refractivity contribution in [1.29, 1.82) is 0 Å². The molecule has 27 heavy (non-hydrogen) atoms. The van der Waals surface area contributed by atoms with Crippen LogP contribution in [-0.4, -0.2) is 36.6 Å². The Morgan fingerprint density at radius 3 is 2.93 bits per heavy atom. The molecular weight excluding hydrogens is 389 g/mol. The van der Waals surface area contributed by atoms with Crippen molar-refractivity contribution in [2.24, 2.45) is 5.92 Å². The summed E-state index contributed by atoms with van der Waals surface area (Å²) in [7, 11) is 0. The van der Waals surface area contributed by atoms with E-state index in [1.165, 1.54) is 28.7 Å². The molecule has 1 saturated heterocycles. The third-order valence-electron chi connectivity index (χ3n) is 4.28. The van der Waals surface area contributed by atoms with Gasteiger partial charge in [-0.25, -0.2) is 14.2 Å². The first-order valence-corrected chi connectivity index (χ1v) is 10.1. The van der Waals surface area contributed by atoms with Gasteiger partial charge in [0.2, 0.25) is 5.91 Å². The molecular formula is C18H16FN3O3S2. The van der Waals surface area contributed by atoms with Crippen molar-refractivity contribution in [3.05, 3.63) is 41.0 Å². The minimum Gasteiger partial charge on any atom is -0.462 e. The standard InChI is InChI=1S/C18H16FN3O3S2/c1-2-25-17(24)11-6-7-26-16(11)21-15(23)10-8-22(9-10)18-20-14-12(19)4-3-5-13(14)27-18/h3-7,10H,2,8-9H2,1H3,(H,21,23). The molecule has 0 aliphatic carbocycles. The van der Waals surface area contributed by atoms with Crippen molar-refractivity contribution < 1.29 is 18.7 Å². The summed E-state index contributed by atoms with van der Waals surface area (Å²) in [5.74, 6) is -1.14. The maximum atomic E-state index is 13.8. The molecule has 2 aromatic heterocycles. The molecule has 0 radical (unpaired) electrons. The summed E-state index contributed by atoms with van der Waals surface area (Å²) in [6, 6.07) is 6.52. The minimum absolute atomic E-state index is 0.147. The van der Waals surface area contributed by atoms with Crippen LogP contribution in [0, 0.1) is 11.7 Å². The first kappa shape index (κ1) is 17.9. The number of aromatic nitrogens is 1. The van der Waals surface area contributed by atoms with E-state index < -0.39 is 5.97 Å². The number of benzene rings is 1. The molecule has 1 amide bonds. The van der Waals surface area contributed by atoms with E-state index >= 15 is 0 Å². The molecule has 1 aliphatic rings. The highest BCUT2D eigenvalue weighted by Crippen LogP contribution is 2.34. The van der Waals surface area contributed by atoms with Gasteiger partial charge in [0.25, 0.3) is 0 Å². The van der Waals surface area contributed by atoms with Gasteiger partial charge in [0.1, 0.15) is 16.3 Å². The summed E-state index contributed by atoms with van der Waals surface area (Å²) in [6.45, 7) is 3.03. The number of ether oxygens (including phenoxy) is 1. The van der Waals surface area contributed by atoms with E-state index in [0.29, 0.717) is 34.3 Å². The summed E-state index contributed by atoms with van der Waals surface area (Å²) in [6.07, 6.45) is 0. The Hall–Kier alpha value is -2.52. The van der Waals surface area contributed by atoms with Crippen molar-refractivity contribution in [1.82, 2.24) is 4.98 Å². The van der Waals surface area contributed by atoms with Crippen LogP contribution in [0.2, 0.25) is 0 Å². The summed E-state index contributed by atoms with van der Waals surface area (Å²) >= 11 is 2.70. The van der Waals surface area contributed by atoms with Crippen LogP contribution in [0.15, 0.2) is 29.6 Å². The van der Waals surface area contributed by atoms with Crippen LogP contribution in [0.1, 0.15) is 17.3 Å². The average molecular weight is 405 g/mol. The molecule has 9 heteroatoms. The highest BCUT2D eigenvalue weighted by atomic mass is 32.1. The SMILES string of the molecule is CCOC(=O)c1ccsc1NC(=O)C1CN(c2nc3c(F)cccc3s2)C1. The molecule has 3 aromatic rings. The molecule has 1 aromatic carbocycles. The molecule has 1 aliphatic heterocycles. The number of hydrogen-bond donors (Lipinski definition) is 1. The van der Waals surface area contributed by atoms with Crippen LogP contribution in [0.4, 0.5) is 14.5 Å². The molecule has 0 atom stereocenters. The summed E-state index contributed by atoms with van der Waals surface area (Å²) in [4.78, 5) is 30.7. The van der Waals surface area contributed by atoms with Crippen LogP contribution in [0.25, 0.3) is 10.2 Å². The normalized spacial score (nSPS) is 14.2. The lowest BCUT2D eigenvalue weighted by atomic mass is 10.0. The van der Waals surface area contributed by atoms with Gasteiger partial charge in [-0.15, -0.1) is 11.3 Å². The van der Waals surface area contributed by atoms with Crippen molar-refractivity contribution in [2.45, 2.75) is 6.92 Å². The van der Waals surface area contributed by atoms with Crippen molar-refractivity contribution in [3.8, 4) is 0 Å². The second-order valence-corrected chi connectivity index (χ2v) is 7.98. The quantitative estimate of drug-likeness (QED) is 0.655. The van der Waals surface area contributed by atoms with E-state index in [2.05, 4.69) is 10.3 Å². The number of esters is 1. The largest absolute Gasteiger partial charge is 0.462 e. The molecule has 0 spiro atoms. The number of para-hydroxylation sites is 1. The third kappa shape index (κ3) is 3.40. The van der Waals surface area contributed by atoms with Crippen LogP contribution in [0.3, 0.4) is 0 Å². The highest BCUT2D eigenvalue weighted by Gasteiger charge is 2.35. The maximum absolute atomic E-state index is 13.8. The molecule has 4 rings (SSSR count). The number of nitrogens with zero attached hydrogens (tertiary/aromatic N) is 2. The summed E-state index contributed by atoms with van der Waals surface area (Å²) in [5.41, 5.74) is 0.732. The fourth-order valence-corrected chi connectivity index (χ4v) is 4.60. The molecule has 0 saturated carbocycles. The number of hydrogen-bond acceptors (Lipinski definition) is 7. The second-order valence-electron chi connectivity index (χ2n) is 6.06. The van der Waals surface area contributed by atoms with Crippen LogP contribution in [-0.2, 0) is 9.53 Å². The van der Waals surface area contributed by atoms with Crippen molar-refractivity contribution in [3.63, 3.8) is 0 Å². The van der Waals surface area contributed by atoms with Crippen LogP contribution in [0.5, 0.6) is 0 Å².